The van der Waals surface area contributed by atoms with Crippen molar-refractivity contribution in [1.82, 2.24) is 0 Å². The van der Waals surface area contributed by atoms with Gasteiger partial charge in [-0.2, -0.15) is 0 Å². The Labute approximate surface area is 74.5 Å². The van der Waals surface area contributed by atoms with Crippen LogP contribution in [0.25, 0.3) is 0 Å². The SMILES string of the molecule is CC12CCCC=C1CC(O)CC2. The molecule has 0 radical (unpaired) electrons. The van der Waals surface area contributed by atoms with Gasteiger partial charge < -0.3 is 5.11 Å². The third kappa shape index (κ3) is 1.31. The predicted octanol–water partition coefficient (Wildman–Crippen LogP) is 2.65. The molecule has 2 aliphatic rings. The lowest BCUT2D eigenvalue weighted by atomic mass is 9.65. The molecule has 0 aromatic carbocycles. The highest BCUT2D eigenvalue weighted by molar-refractivity contribution is 5.19. The number of aliphatic hydroxyl groups is 1. The third-order valence-corrected chi connectivity index (χ3v) is 3.58. The number of aliphatic hydroxyl groups excluding tert-OH is 1. The largest absolute Gasteiger partial charge is 0.393 e. The van der Waals surface area contributed by atoms with Crippen LogP contribution in [-0.2, 0) is 0 Å². The average molecular weight is 166 g/mol. The lowest BCUT2D eigenvalue weighted by Crippen LogP contribution is -2.31. The minimum Gasteiger partial charge on any atom is -0.393 e. The van der Waals surface area contributed by atoms with Gasteiger partial charge in [-0.3, -0.25) is 0 Å². The molecule has 0 saturated heterocycles. The topological polar surface area (TPSA) is 20.2 Å². The highest BCUT2D eigenvalue weighted by Crippen LogP contribution is 2.46. The fourth-order valence-corrected chi connectivity index (χ4v) is 2.63. The van der Waals surface area contributed by atoms with E-state index in [-0.39, 0.29) is 6.10 Å². The monoisotopic (exact) mass is 166 g/mol. The number of rotatable bonds is 0. The van der Waals surface area contributed by atoms with Gasteiger partial charge in [-0.1, -0.05) is 18.6 Å². The number of hydrogen-bond acceptors (Lipinski definition) is 1. The Morgan fingerprint density at radius 3 is 3.17 bits per heavy atom. The highest BCUT2D eigenvalue weighted by atomic mass is 16.3. The van der Waals surface area contributed by atoms with Gasteiger partial charge in [-0.25, -0.2) is 0 Å². The Hall–Kier alpha value is -0.300. The lowest BCUT2D eigenvalue weighted by molar-refractivity contribution is 0.104. The summed E-state index contributed by atoms with van der Waals surface area (Å²) in [6.45, 7) is 2.36. The van der Waals surface area contributed by atoms with Gasteiger partial charge in [0.25, 0.3) is 0 Å². The molecular formula is C11H18O. The Kier molecular flexibility index (Phi) is 1.99. The number of hydrogen-bond donors (Lipinski definition) is 1. The van der Waals surface area contributed by atoms with Gasteiger partial charge in [-0.05, 0) is 43.9 Å². The first-order valence-corrected chi connectivity index (χ1v) is 5.08. The minimum absolute atomic E-state index is 0.0533. The van der Waals surface area contributed by atoms with Crippen LogP contribution in [0.3, 0.4) is 0 Å². The van der Waals surface area contributed by atoms with Crippen molar-refractivity contribution in [1.29, 1.82) is 0 Å². The van der Waals surface area contributed by atoms with Gasteiger partial charge in [0, 0.05) is 0 Å². The molecule has 12 heavy (non-hydrogen) atoms. The summed E-state index contributed by atoms with van der Waals surface area (Å²) in [6, 6.07) is 0. The standard InChI is InChI=1S/C11H18O/c1-11-6-3-2-4-9(11)8-10(12)5-7-11/h4,10,12H,2-3,5-8H2,1H3. The summed E-state index contributed by atoms with van der Waals surface area (Å²) in [5.74, 6) is 0. The Morgan fingerprint density at radius 2 is 2.33 bits per heavy atom. The molecule has 2 atom stereocenters. The maximum absolute atomic E-state index is 9.52. The van der Waals surface area contributed by atoms with Gasteiger partial charge in [-0.15, -0.1) is 0 Å². The minimum atomic E-state index is -0.0533. The third-order valence-electron chi connectivity index (χ3n) is 3.58. The van der Waals surface area contributed by atoms with Crippen molar-refractivity contribution in [3.8, 4) is 0 Å². The molecule has 1 saturated carbocycles. The van der Waals surface area contributed by atoms with E-state index in [0.717, 1.165) is 12.8 Å². The lowest BCUT2D eigenvalue weighted by Gasteiger charge is -2.41. The summed E-state index contributed by atoms with van der Waals surface area (Å²) in [6.07, 6.45) is 9.37. The maximum atomic E-state index is 9.52. The van der Waals surface area contributed by atoms with Gasteiger partial charge in [0.2, 0.25) is 0 Å². The average Bonchev–Trinajstić information content (AvgIpc) is 2.06. The van der Waals surface area contributed by atoms with Gasteiger partial charge >= 0.3 is 0 Å². The van der Waals surface area contributed by atoms with Crippen LogP contribution in [0.5, 0.6) is 0 Å². The second-order valence-electron chi connectivity index (χ2n) is 4.58. The van der Waals surface area contributed by atoms with Crippen molar-refractivity contribution >= 4 is 0 Å². The molecule has 1 fully saturated rings. The zero-order valence-electron chi connectivity index (χ0n) is 7.84. The first kappa shape index (κ1) is 8.31. The van der Waals surface area contributed by atoms with Crippen LogP contribution < -0.4 is 0 Å². The van der Waals surface area contributed by atoms with E-state index in [9.17, 15) is 5.11 Å². The van der Waals surface area contributed by atoms with Crippen LogP contribution in [0.2, 0.25) is 0 Å². The fraction of sp³-hybridized carbons (Fsp3) is 0.818. The van der Waals surface area contributed by atoms with E-state index in [1.165, 1.54) is 31.3 Å². The molecular weight excluding hydrogens is 148 g/mol. The molecule has 0 aliphatic heterocycles. The normalized spacial score (nSPS) is 41.8. The van der Waals surface area contributed by atoms with Crippen LogP contribution in [-0.4, -0.2) is 11.2 Å². The Morgan fingerprint density at radius 1 is 1.50 bits per heavy atom. The van der Waals surface area contributed by atoms with Crippen molar-refractivity contribution < 1.29 is 5.11 Å². The molecule has 0 heterocycles. The van der Waals surface area contributed by atoms with E-state index >= 15 is 0 Å². The van der Waals surface area contributed by atoms with E-state index < -0.39 is 0 Å². The second-order valence-corrected chi connectivity index (χ2v) is 4.58. The van der Waals surface area contributed by atoms with Crippen LogP contribution in [0, 0.1) is 5.41 Å². The maximum Gasteiger partial charge on any atom is 0.0577 e. The smallest absolute Gasteiger partial charge is 0.0577 e. The van der Waals surface area contributed by atoms with E-state index in [2.05, 4.69) is 13.0 Å². The zero-order chi connectivity index (χ0) is 8.60. The molecule has 0 aromatic heterocycles. The van der Waals surface area contributed by atoms with Gasteiger partial charge in [0.05, 0.1) is 6.10 Å². The van der Waals surface area contributed by atoms with Gasteiger partial charge in [0.15, 0.2) is 0 Å². The second kappa shape index (κ2) is 2.88. The summed E-state index contributed by atoms with van der Waals surface area (Å²) >= 11 is 0. The summed E-state index contributed by atoms with van der Waals surface area (Å²) in [4.78, 5) is 0. The molecule has 1 nitrogen and oxygen atoms in total. The van der Waals surface area contributed by atoms with Crippen LogP contribution >= 0.6 is 0 Å². The van der Waals surface area contributed by atoms with E-state index in [4.69, 9.17) is 0 Å². The van der Waals surface area contributed by atoms with Crippen LogP contribution in [0.1, 0.15) is 45.4 Å². The number of fused-ring (bicyclic) bond motifs is 1. The van der Waals surface area contributed by atoms with Crippen molar-refractivity contribution in [3.63, 3.8) is 0 Å². The molecule has 0 bridgehead atoms. The molecule has 2 rings (SSSR count). The fourth-order valence-electron chi connectivity index (χ4n) is 2.63. The molecule has 68 valence electrons. The zero-order valence-corrected chi connectivity index (χ0v) is 7.84. The summed E-state index contributed by atoms with van der Waals surface area (Å²) in [7, 11) is 0. The molecule has 0 spiro atoms. The molecule has 1 N–H and O–H groups in total. The Balaban J connectivity index is 2.19. The van der Waals surface area contributed by atoms with E-state index in [1.807, 2.05) is 0 Å². The molecule has 0 amide bonds. The summed E-state index contributed by atoms with van der Waals surface area (Å²) < 4.78 is 0. The van der Waals surface area contributed by atoms with E-state index in [0.29, 0.717) is 5.41 Å². The Bertz CT molecular complexity index is 207. The quantitative estimate of drug-likeness (QED) is 0.548. The molecule has 1 heteroatoms. The van der Waals surface area contributed by atoms with Crippen LogP contribution in [0.15, 0.2) is 11.6 Å². The molecule has 0 aromatic rings. The molecule has 2 aliphatic carbocycles. The highest BCUT2D eigenvalue weighted by Gasteiger charge is 2.35. The van der Waals surface area contributed by atoms with E-state index in [1.54, 1.807) is 0 Å². The van der Waals surface area contributed by atoms with Crippen molar-refractivity contribution in [3.05, 3.63) is 11.6 Å². The number of allylic oxidation sites excluding steroid dienone is 1. The summed E-state index contributed by atoms with van der Waals surface area (Å²) in [5, 5.41) is 9.52. The molecule has 2 unspecified atom stereocenters. The van der Waals surface area contributed by atoms with Crippen molar-refractivity contribution in [2.24, 2.45) is 5.41 Å². The van der Waals surface area contributed by atoms with Crippen molar-refractivity contribution in [2.75, 3.05) is 0 Å². The first-order chi connectivity index (χ1) is 5.71. The van der Waals surface area contributed by atoms with Gasteiger partial charge in [0.1, 0.15) is 0 Å². The van der Waals surface area contributed by atoms with Crippen LogP contribution in [0.4, 0.5) is 0 Å². The van der Waals surface area contributed by atoms with Crippen molar-refractivity contribution in [2.45, 2.75) is 51.6 Å². The predicted molar refractivity (Wildman–Crippen MR) is 49.9 cm³/mol. The first-order valence-electron chi connectivity index (χ1n) is 5.08. The summed E-state index contributed by atoms with van der Waals surface area (Å²) in [5.41, 5.74) is 1.99.